The van der Waals surface area contributed by atoms with Crippen molar-refractivity contribution in [1.82, 2.24) is 0 Å². The summed E-state index contributed by atoms with van der Waals surface area (Å²) in [6, 6.07) is 9.27. The maximum absolute atomic E-state index is 12.2. The van der Waals surface area contributed by atoms with Gasteiger partial charge in [0.1, 0.15) is 12.4 Å². The Morgan fingerprint density at radius 1 is 1.35 bits per heavy atom. The Kier molecular flexibility index (Phi) is 4.23. The van der Waals surface area contributed by atoms with Crippen molar-refractivity contribution in [2.45, 2.75) is 25.9 Å². The third-order valence-electron chi connectivity index (χ3n) is 2.60. The van der Waals surface area contributed by atoms with E-state index >= 15 is 0 Å². The minimum atomic E-state index is -1.77. The Bertz CT molecular complexity index is 554. The molecule has 0 amide bonds. The van der Waals surface area contributed by atoms with Crippen molar-refractivity contribution in [2.24, 2.45) is 0 Å². The Balaban J connectivity index is 2.25. The molecule has 2 rings (SSSR count). The third-order valence-corrected chi connectivity index (χ3v) is 2.60. The van der Waals surface area contributed by atoms with Crippen LogP contribution >= 0.6 is 0 Å². The highest BCUT2D eigenvalue weighted by molar-refractivity contribution is 6.03. The number of ether oxygens (including phenoxy) is 3. The number of terminal acetylenes is 1. The summed E-state index contributed by atoms with van der Waals surface area (Å²) in [5, 5.41) is 0. The fourth-order valence-electron chi connectivity index (χ4n) is 1.84. The molecule has 1 aliphatic heterocycles. The molecule has 0 N–H and O–H groups in total. The van der Waals surface area contributed by atoms with E-state index < -0.39 is 11.8 Å². The fourth-order valence-corrected chi connectivity index (χ4v) is 1.84. The summed E-state index contributed by atoms with van der Waals surface area (Å²) in [6.07, 6.45) is 6.29. The molecular formula is C16H16O4. The Labute approximate surface area is 118 Å². The van der Waals surface area contributed by atoms with Crippen LogP contribution in [0.5, 0.6) is 0 Å². The van der Waals surface area contributed by atoms with Crippen LogP contribution in [0.1, 0.15) is 19.4 Å². The molecule has 104 valence electrons. The minimum Gasteiger partial charge on any atom is -0.432 e. The van der Waals surface area contributed by atoms with E-state index in [1.54, 1.807) is 13.8 Å². The first-order valence-electron chi connectivity index (χ1n) is 6.33. The molecule has 0 aromatic heterocycles. The average Bonchev–Trinajstić information content (AvgIpc) is 2.74. The van der Waals surface area contributed by atoms with Crippen molar-refractivity contribution in [2.75, 3.05) is 6.61 Å². The fraction of sp³-hybridized carbons (Fsp3) is 0.312. The van der Waals surface area contributed by atoms with Gasteiger partial charge in [0.25, 0.3) is 5.78 Å². The largest absolute Gasteiger partial charge is 0.432 e. The molecule has 0 bridgehead atoms. The SMILES string of the molecule is C#CCOC1(OC(C)C)OC(c2ccccc2)=CC1=O. The average molecular weight is 272 g/mol. The number of benzene rings is 1. The van der Waals surface area contributed by atoms with Crippen LogP contribution in [0.25, 0.3) is 5.76 Å². The summed E-state index contributed by atoms with van der Waals surface area (Å²) in [5.41, 5.74) is 0.777. The second-order valence-electron chi connectivity index (χ2n) is 4.56. The predicted molar refractivity (Wildman–Crippen MR) is 74.2 cm³/mol. The third kappa shape index (κ3) is 2.90. The van der Waals surface area contributed by atoms with Gasteiger partial charge < -0.3 is 9.47 Å². The number of rotatable bonds is 5. The van der Waals surface area contributed by atoms with E-state index in [4.69, 9.17) is 20.6 Å². The summed E-state index contributed by atoms with van der Waals surface area (Å²) in [6.45, 7) is 3.50. The molecule has 0 saturated carbocycles. The highest BCUT2D eigenvalue weighted by atomic mass is 16.9. The van der Waals surface area contributed by atoms with Gasteiger partial charge in [-0.1, -0.05) is 36.3 Å². The molecule has 20 heavy (non-hydrogen) atoms. The van der Waals surface area contributed by atoms with Crippen LogP contribution < -0.4 is 0 Å². The van der Waals surface area contributed by atoms with Crippen molar-refractivity contribution >= 4 is 11.5 Å². The van der Waals surface area contributed by atoms with Crippen LogP contribution in [0.4, 0.5) is 0 Å². The zero-order chi connectivity index (χ0) is 14.6. The maximum atomic E-state index is 12.2. The molecule has 1 unspecified atom stereocenters. The van der Waals surface area contributed by atoms with Gasteiger partial charge >= 0.3 is 5.97 Å². The Hall–Kier alpha value is -2.09. The van der Waals surface area contributed by atoms with E-state index in [0.717, 1.165) is 5.56 Å². The van der Waals surface area contributed by atoms with Crippen molar-refractivity contribution in [3.8, 4) is 12.3 Å². The van der Waals surface area contributed by atoms with Crippen LogP contribution in [0.2, 0.25) is 0 Å². The van der Waals surface area contributed by atoms with Crippen LogP contribution in [-0.4, -0.2) is 24.5 Å². The van der Waals surface area contributed by atoms with Crippen molar-refractivity contribution in [3.05, 3.63) is 42.0 Å². The van der Waals surface area contributed by atoms with Gasteiger partial charge in [0.2, 0.25) is 0 Å². The number of hydrogen-bond donors (Lipinski definition) is 0. The van der Waals surface area contributed by atoms with Crippen LogP contribution in [0.15, 0.2) is 36.4 Å². The molecule has 4 heteroatoms. The monoisotopic (exact) mass is 272 g/mol. The second-order valence-corrected chi connectivity index (χ2v) is 4.56. The number of hydrogen-bond acceptors (Lipinski definition) is 4. The van der Waals surface area contributed by atoms with Gasteiger partial charge in [0.05, 0.1) is 6.10 Å². The van der Waals surface area contributed by atoms with Gasteiger partial charge in [-0.2, -0.15) is 0 Å². The summed E-state index contributed by atoms with van der Waals surface area (Å²) in [5.74, 6) is 0.546. The molecule has 0 spiro atoms. The van der Waals surface area contributed by atoms with Gasteiger partial charge in [-0.25, -0.2) is 0 Å². The van der Waals surface area contributed by atoms with Gasteiger partial charge in [0.15, 0.2) is 0 Å². The van der Waals surface area contributed by atoms with Crippen LogP contribution in [-0.2, 0) is 19.0 Å². The molecule has 4 nitrogen and oxygen atoms in total. The Morgan fingerprint density at radius 2 is 2.05 bits per heavy atom. The summed E-state index contributed by atoms with van der Waals surface area (Å²) in [7, 11) is 0. The highest BCUT2D eigenvalue weighted by Crippen LogP contribution is 2.34. The van der Waals surface area contributed by atoms with Crippen LogP contribution in [0, 0.1) is 12.3 Å². The number of ketones is 1. The van der Waals surface area contributed by atoms with Crippen LogP contribution in [0.3, 0.4) is 0 Å². The molecule has 1 aromatic carbocycles. The minimum absolute atomic E-state index is 0.0750. The van der Waals surface area contributed by atoms with Crippen molar-refractivity contribution in [1.29, 1.82) is 0 Å². The van der Waals surface area contributed by atoms with Gasteiger partial charge in [-0.15, -0.1) is 6.42 Å². The molecule has 0 radical (unpaired) electrons. The summed E-state index contributed by atoms with van der Waals surface area (Å²) in [4.78, 5) is 12.2. The number of carbonyl (C=O) groups is 1. The highest BCUT2D eigenvalue weighted by Gasteiger charge is 2.49. The summed E-state index contributed by atoms with van der Waals surface area (Å²) >= 11 is 0. The second kappa shape index (κ2) is 5.91. The molecule has 1 atom stereocenters. The zero-order valence-electron chi connectivity index (χ0n) is 11.5. The predicted octanol–water partition coefficient (Wildman–Crippen LogP) is 2.36. The molecule has 0 fully saturated rings. The lowest BCUT2D eigenvalue weighted by atomic mass is 10.2. The summed E-state index contributed by atoms with van der Waals surface area (Å²) < 4.78 is 16.5. The molecule has 1 heterocycles. The van der Waals surface area contributed by atoms with Crippen molar-refractivity contribution in [3.63, 3.8) is 0 Å². The zero-order valence-corrected chi connectivity index (χ0v) is 11.5. The lowest BCUT2D eigenvalue weighted by Crippen LogP contribution is -2.44. The lowest BCUT2D eigenvalue weighted by molar-refractivity contribution is -0.329. The topological polar surface area (TPSA) is 44.8 Å². The number of carbonyl (C=O) groups excluding carboxylic acids is 1. The first kappa shape index (κ1) is 14.3. The molecule has 0 aliphatic carbocycles. The van der Waals surface area contributed by atoms with E-state index in [-0.39, 0.29) is 12.7 Å². The van der Waals surface area contributed by atoms with E-state index in [1.807, 2.05) is 30.3 Å². The molecular weight excluding hydrogens is 256 g/mol. The molecule has 1 aliphatic rings. The van der Waals surface area contributed by atoms with E-state index in [2.05, 4.69) is 5.92 Å². The standard InChI is InChI=1S/C16H16O4/c1-4-10-18-16(19-12(2)3)15(17)11-14(20-16)13-8-6-5-7-9-13/h1,5-9,11-12H,10H2,2-3H3. The smallest absolute Gasteiger partial charge is 0.396 e. The molecule has 0 saturated heterocycles. The Morgan fingerprint density at radius 3 is 2.65 bits per heavy atom. The van der Waals surface area contributed by atoms with Gasteiger partial charge in [-0.3, -0.25) is 9.53 Å². The van der Waals surface area contributed by atoms with E-state index in [0.29, 0.717) is 5.76 Å². The normalized spacial score (nSPS) is 21.5. The van der Waals surface area contributed by atoms with E-state index in [1.165, 1.54) is 6.08 Å². The molecule has 1 aromatic rings. The quantitative estimate of drug-likeness (QED) is 0.609. The first-order valence-corrected chi connectivity index (χ1v) is 6.33. The first-order chi connectivity index (χ1) is 9.57. The lowest BCUT2D eigenvalue weighted by Gasteiger charge is -2.28. The van der Waals surface area contributed by atoms with Gasteiger partial charge in [0, 0.05) is 11.6 Å². The van der Waals surface area contributed by atoms with Gasteiger partial charge in [-0.05, 0) is 13.8 Å². The van der Waals surface area contributed by atoms with E-state index in [9.17, 15) is 4.79 Å². The van der Waals surface area contributed by atoms with Crippen molar-refractivity contribution < 1.29 is 19.0 Å². The maximum Gasteiger partial charge on any atom is 0.396 e.